The van der Waals surface area contributed by atoms with Crippen LogP contribution in [0.15, 0.2) is 48.5 Å². The molecule has 0 aromatic heterocycles. The van der Waals surface area contributed by atoms with Crippen LogP contribution in [-0.2, 0) is 9.59 Å². The van der Waals surface area contributed by atoms with Crippen molar-refractivity contribution in [1.82, 2.24) is 0 Å². The number of anilines is 2. The van der Waals surface area contributed by atoms with E-state index in [-0.39, 0.29) is 18.2 Å². The maximum absolute atomic E-state index is 14.0. The first-order valence-corrected chi connectivity index (χ1v) is 13.0. The van der Waals surface area contributed by atoms with Crippen molar-refractivity contribution in [3.05, 3.63) is 64.7 Å². The van der Waals surface area contributed by atoms with E-state index < -0.39 is 12.0 Å². The highest BCUT2D eigenvalue weighted by Crippen LogP contribution is 2.46. The Morgan fingerprint density at radius 3 is 2.12 bits per heavy atom. The lowest BCUT2D eigenvalue weighted by molar-refractivity contribution is -0.126. The molecule has 10 heteroatoms. The SMILES string of the molecule is COc1ccc(NC(=O)C2CCC(=O)N(c3ccc(C)c(Cl)c3)C2c2cc(OC)c(OC)c(OC)c2)c(OC)c1. The van der Waals surface area contributed by atoms with Gasteiger partial charge in [0, 0.05) is 23.2 Å². The van der Waals surface area contributed by atoms with Crippen molar-refractivity contribution < 1.29 is 33.3 Å². The summed E-state index contributed by atoms with van der Waals surface area (Å²) in [7, 11) is 7.63. The number of aryl methyl sites for hydroxylation is 1. The monoisotopic (exact) mass is 568 g/mol. The second kappa shape index (κ2) is 12.4. The number of piperidine rings is 1. The van der Waals surface area contributed by atoms with E-state index in [4.69, 9.17) is 35.3 Å². The number of amides is 2. The van der Waals surface area contributed by atoms with E-state index in [9.17, 15) is 9.59 Å². The zero-order chi connectivity index (χ0) is 29.0. The summed E-state index contributed by atoms with van der Waals surface area (Å²) in [6, 6.07) is 13.4. The van der Waals surface area contributed by atoms with E-state index in [1.54, 1.807) is 48.4 Å². The van der Waals surface area contributed by atoms with Gasteiger partial charge in [-0.2, -0.15) is 0 Å². The van der Waals surface area contributed by atoms with Crippen molar-refractivity contribution in [3.63, 3.8) is 0 Å². The third-order valence-electron chi connectivity index (χ3n) is 7.06. The van der Waals surface area contributed by atoms with Crippen molar-refractivity contribution >= 4 is 34.8 Å². The molecule has 1 fully saturated rings. The van der Waals surface area contributed by atoms with Gasteiger partial charge in [-0.05, 0) is 60.9 Å². The van der Waals surface area contributed by atoms with Crippen molar-refractivity contribution in [2.45, 2.75) is 25.8 Å². The highest BCUT2D eigenvalue weighted by Gasteiger charge is 2.42. The fourth-order valence-corrected chi connectivity index (χ4v) is 5.16. The molecular weight excluding hydrogens is 536 g/mol. The summed E-state index contributed by atoms with van der Waals surface area (Å²) in [4.78, 5) is 29.1. The molecule has 40 heavy (non-hydrogen) atoms. The van der Waals surface area contributed by atoms with Gasteiger partial charge < -0.3 is 33.9 Å². The topological polar surface area (TPSA) is 95.6 Å². The Morgan fingerprint density at radius 1 is 0.875 bits per heavy atom. The third kappa shape index (κ3) is 5.60. The highest BCUT2D eigenvalue weighted by atomic mass is 35.5. The van der Waals surface area contributed by atoms with Gasteiger partial charge in [-0.15, -0.1) is 0 Å². The second-order valence-electron chi connectivity index (χ2n) is 9.30. The van der Waals surface area contributed by atoms with E-state index in [0.29, 0.717) is 57.1 Å². The van der Waals surface area contributed by atoms with Gasteiger partial charge in [-0.3, -0.25) is 9.59 Å². The first kappa shape index (κ1) is 28.9. The largest absolute Gasteiger partial charge is 0.497 e. The van der Waals surface area contributed by atoms with Crippen LogP contribution in [0.2, 0.25) is 5.02 Å². The number of nitrogens with one attached hydrogen (secondary N) is 1. The molecule has 3 aromatic carbocycles. The highest BCUT2D eigenvalue weighted by molar-refractivity contribution is 6.31. The average Bonchev–Trinajstić information content (AvgIpc) is 2.97. The average molecular weight is 569 g/mol. The molecule has 3 aromatic rings. The summed E-state index contributed by atoms with van der Waals surface area (Å²) in [5.41, 5.74) is 2.58. The maximum Gasteiger partial charge on any atom is 0.230 e. The van der Waals surface area contributed by atoms with E-state index in [0.717, 1.165) is 5.56 Å². The van der Waals surface area contributed by atoms with Crippen LogP contribution >= 0.6 is 11.6 Å². The zero-order valence-corrected chi connectivity index (χ0v) is 24.1. The molecule has 1 aliphatic rings. The van der Waals surface area contributed by atoms with Crippen molar-refractivity contribution in [2.24, 2.45) is 5.92 Å². The van der Waals surface area contributed by atoms with Gasteiger partial charge >= 0.3 is 0 Å². The summed E-state index contributed by atoms with van der Waals surface area (Å²) in [5, 5.41) is 3.52. The van der Waals surface area contributed by atoms with Crippen molar-refractivity contribution in [1.29, 1.82) is 0 Å². The molecule has 0 bridgehead atoms. The van der Waals surface area contributed by atoms with E-state index in [1.165, 1.54) is 28.4 Å². The second-order valence-corrected chi connectivity index (χ2v) is 9.71. The number of halogens is 1. The van der Waals surface area contributed by atoms with Crippen molar-refractivity contribution in [3.8, 4) is 28.7 Å². The van der Waals surface area contributed by atoms with Gasteiger partial charge in [0.1, 0.15) is 11.5 Å². The molecule has 4 rings (SSSR count). The molecule has 0 radical (unpaired) electrons. The normalized spacial score (nSPS) is 16.8. The molecule has 0 aliphatic carbocycles. The zero-order valence-electron chi connectivity index (χ0n) is 23.4. The molecule has 0 spiro atoms. The van der Waals surface area contributed by atoms with Gasteiger partial charge in [0.2, 0.25) is 17.6 Å². The summed E-state index contributed by atoms with van der Waals surface area (Å²) in [5.74, 6) is 1.21. The van der Waals surface area contributed by atoms with Gasteiger partial charge in [-0.25, -0.2) is 0 Å². The number of methoxy groups -OCH3 is 5. The molecule has 2 unspecified atom stereocenters. The fourth-order valence-electron chi connectivity index (χ4n) is 4.98. The van der Waals surface area contributed by atoms with E-state index >= 15 is 0 Å². The number of rotatable bonds is 9. The molecule has 1 N–H and O–H groups in total. The Kier molecular flexibility index (Phi) is 8.94. The van der Waals surface area contributed by atoms with E-state index in [1.807, 2.05) is 19.1 Å². The molecule has 0 saturated carbocycles. The Balaban J connectivity index is 1.85. The van der Waals surface area contributed by atoms with Gasteiger partial charge in [-0.1, -0.05) is 17.7 Å². The lowest BCUT2D eigenvalue weighted by Gasteiger charge is -2.41. The maximum atomic E-state index is 14.0. The summed E-state index contributed by atoms with van der Waals surface area (Å²) >= 11 is 6.48. The smallest absolute Gasteiger partial charge is 0.230 e. The predicted molar refractivity (Wildman–Crippen MR) is 153 cm³/mol. The first-order valence-electron chi connectivity index (χ1n) is 12.7. The Morgan fingerprint density at radius 2 is 1.55 bits per heavy atom. The number of carbonyl (C=O) groups is 2. The number of hydrogen-bond acceptors (Lipinski definition) is 7. The predicted octanol–water partition coefficient (Wildman–Crippen LogP) is 5.81. The Bertz CT molecular complexity index is 1390. The molecule has 9 nitrogen and oxygen atoms in total. The minimum atomic E-state index is -0.710. The van der Waals surface area contributed by atoms with Crippen LogP contribution < -0.4 is 33.9 Å². The summed E-state index contributed by atoms with van der Waals surface area (Å²) in [6.07, 6.45) is 0.491. The number of nitrogens with zero attached hydrogens (tertiary/aromatic N) is 1. The van der Waals surface area contributed by atoms with Gasteiger partial charge in [0.25, 0.3) is 0 Å². The van der Waals surface area contributed by atoms with Crippen LogP contribution in [0.3, 0.4) is 0 Å². The third-order valence-corrected chi connectivity index (χ3v) is 7.47. The molecule has 1 heterocycles. The molecule has 2 atom stereocenters. The van der Waals surface area contributed by atoms with Crippen LogP contribution in [0, 0.1) is 12.8 Å². The van der Waals surface area contributed by atoms with Gasteiger partial charge in [0.15, 0.2) is 11.5 Å². The van der Waals surface area contributed by atoms with Gasteiger partial charge in [0.05, 0.1) is 53.2 Å². The van der Waals surface area contributed by atoms with Crippen LogP contribution in [0.4, 0.5) is 11.4 Å². The molecule has 1 aliphatic heterocycles. The lowest BCUT2D eigenvalue weighted by atomic mass is 9.82. The van der Waals surface area contributed by atoms with E-state index in [2.05, 4.69) is 5.32 Å². The molecule has 212 valence electrons. The minimum Gasteiger partial charge on any atom is -0.497 e. The summed E-state index contributed by atoms with van der Waals surface area (Å²) < 4.78 is 27.5. The van der Waals surface area contributed by atoms with Crippen molar-refractivity contribution in [2.75, 3.05) is 45.8 Å². The van der Waals surface area contributed by atoms with Crippen LogP contribution in [-0.4, -0.2) is 47.4 Å². The first-order chi connectivity index (χ1) is 19.3. The molecule has 1 saturated heterocycles. The number of hydrogen-bond donors (Lipinski definition) is 1. The van der Waals surface area contributed by atoms with Crippen LogP contribution in [0.5, 0.6) is 28.7 Å². The Labute approximate surface area is 238 Å². The Hall–Kier alpha value is -4.11. The number of ether oxygens (including phenoxy) is 5. The number of benzene rings is 3. The lowest BCUT2D eigenvalue weighted by Crippen LogP contribution is -2.47. The molecule has 2 amide bonds. The minimum absolute atomic E-state index is 0.134. The quantitative estimate of drug-likeness (QED) is 0.348. The standard InChI is InChI=1S/C30H33ClN2O7/c1-17-7-8-19(15-22(17)31)33-27(34)12-10-21(30(35)32-23-11-9-20(36-2)16-24(23)37-3)28(33)18-13-25(38-4)29(40-6)26(14-18)39-5/h7-9,11,13-16,21,28H,10,12H2,1-6H3,(H,32,35). The number of carbonyl (C=O) groups excluding carboxylic acids is 2. The van der Waals surface area contributed by atoms with Crippen LogP contribution in [0.1, 0.15) is 30.0 Å². The molecular formula is C30H33ClN2O7. The van der Waals surface area contributed by atoms with Crippen LogP contribution in [0.25, 0.3) is 0 Å². The summed E-state index contributed by atoms with van der Waals surface area (Å²) in [6.45, 7) is 1.89. The fraction of sp³-hybridized carbons (Fsp3) is 0.333.